The zero-order chi connectivity index (χ0) is 33.8. The van der Waals surface area contributed by atoms with Crippen LogP contribution in [0.4, 0.5) is 0 Å². The van der Waals surface area contributed by atoms with E-state index >= 15 is 0 Å². The standard InChI is InChI=1S/C45H25N5/c46-26-29-21-23-44-38(24-29)37-22-20-30(27-47)25-45(37)50(44)40-16-6-3-12-34(40)32-11-2-1-10-31(32)33-15-9-19-43(39(33)28-48)49-41-17-7-4-13-35(41)36-14-5-8-18-42(36)49/h1-25H. The highest BCUT2D eigenvalue weighted by molar-refractivity contribution is 6.11. The summed E-state index contributed by atoms with van der Waals surface area (Å²) >= 11 is 0. The molecule has 0 saturated carbocycles. The van der Waals surface area contributed by atoms with Gasteiger partial charge in [-0.15, -0.1) is 0 Å². The Hall–Kier alpha value is -7.39. The van der Waals surface area contributed by atoms with Gasteiger partial charge < -0.3 is 9.13 Å². The topological polar surface area (TPSA) is 81.2 Å². The average Bonchev–Trinajstić information content (AvgIpc) is 3.69. The van der Waals surface area contributed by atoms with Crippen molar-refractivity contribution in [2.24, 2.45) is 0 Å². The molecule has 5 heteroatoms. The van der Waals surface area contributed by atoms with Crippen molar-refractivity contribution in [3.8, 4) is 51.8 Å². The summed E-state index contributed by atoms with van der Waals surface area (Å²) in [5.41, 5.74) is 11.1. The van der Waals surface area contributed by atoms with Crippen LogP contribution >= 0.6 is 0 Å². The molecule has 0 radical (unpaired) electrons. The molecule has 5 nitrogen and oxygen atoms in total. The van der Waals surface area contributed by atoms with E-state index in [-0.39, 0.29) is 0 Å². The van der Waals surface area contributed by atoms with E-state index in [2.05, 4.69) is 88.0 Å². The molecule has 0 N–H and O–H groups in total. The second-order valence-electron chi connectivity index (χ2n) is 12.3. The first-order valence-electron chi connectivity index (χ1n) is 16.3. The Morgan fingerprint density at radius 3 is 1.54 bits per heavy atom. The zero-order valence-electron chi connectivity index (χ0n) is 26.7. The Morgan fingerprint density at radius 2 is 0.840 bits per heavy atom. The summed E-state index contributed by atoms with van der Waals surface area (Å²) in [6.45, 7) is 0. The van der Waals surface area contributed by atoms with E-state index in [0.717, 1.165) is 77.2 Å². The molecule has 9 aromatic rings. The van der Waals surface area contributed by atoms with Gasteiger partial charge in [-0.3, -0.25) is 0 Å². The van der Waals surface area contributed by atoms with Crippen LogP contribution in [-0.2, 0) is 0 Å². The van der Waals surface area contributed by atoms with E-state index in [4.69, 9.17) is 0 Å². The van der Waals surface area contributed by atoms with E-state index in [9.17, 15) is 15.8 Å². The molecule has 0 fully saturated rings. The summed E-state index contributed by atoms with van der Waals surface area (Å²) in [6.07, 6.45) is 0. The number of hydrogen-bond acceptors (Lipinski definition) is 3. The van der Waals surface area contributed by atoms with Gasteiger partial charge >= 0.3 is 0 Å². The molecular weight excluding hydrogens is 611 g/mol. The lowest BCUT2D eigenvalue weighted by Gasteiger charge is -2.19. The van der Waals surface area contributed by atoms with Crippen LogP contribution < -0.4 is 0 Å². The highest BCUT2D eigenvalue weighted by atomic mass is 15.0. The molecule has 0 bridgehead atoms. The number of benzene rings is 7. The van der Waals surface area contributed by atoms with Crippen molar-refractivity contribution < 1.29 is 0 Å². The monoisotopic (exact) mass is 635 g/mol. The first-order valence-corrected chi connectivity index (χ1v) is 16.3. The third-order valence-electron chi connectivity index (χ3n) is 9.65. The van der Waals surface area contributed by atoms with Crippen LogP contribution in [0.3, 0.4) is 0 Å². The normalized spacial score (nSPS) is 11.1. The lowest BCUT2D eigenvalue weighted by Crippen LogP contribution is -2.01. The molecule has 0 aliphatic rings. The molecule has 9 rings (SSSR count). The number of rotatable bonds is 4. The van der Waals surface area contributed by atoms with E-state index in [1.165, 1.54) is 0 Å². The van der Waals surface area contributed by atoms with Crippen LogP contribution in [0.5, 0.6) is 0 Å². The van der Waals surface area contributed by atoms with Crippen LogP contribution in [-0.4, -0.2) is 9.13 Å². The molecule has 230 valence electrons. The lowest BCUT2D eigenvalue weighted by atomic mass is 9.90. The molecule has 0 atom stereocenters. The third kappa shape index (κ3) is 4.24. The maximum absolute atomic E-state index is 10.9. The summed E-state index contributed by atoms with van der Waals surface area (Å²) in [7, 11) is 0. The molecule has 50 heavy (non-hydrogen) atoms. The van der Waals surface area contributed by atoms with Gasteiger partial charge in [0, 0.05) is 32.7 Å². The summed E-state index contributed by atoms with van der Waals surface area (Å²) in [5.74, 6) is 0. The third-order valence-corrected chi connectivity index (χ3v) is 9.65. The van der Waals surface area contributed by atoms with Crippen LogP contribution in [0.2, 0.25) is 0 Å². The molecule has 0 saturated heterocycles. The quantitative estimate of drug-likeness (QED) is 0.193. The average molecular weight is 636 g/mol. The van der Waals surface area contributed by atoms with Crippen LogP contribution in [0.1, 0.15) is 16.7 Å². The Balaban J connectivity index is 1.31. The second-order valence-corrected chi connectivity index (χ2v) is 12.3. The maximum Gasteiger partial charge on any atom is 0.102 e. The van der Waals surface area contributed by atoms with E-state index in [1.807, 2.05) is 91.0 Å². The molecule has 2 aromatic heterocycles. The Morgan fingerprint density at radius 1 is 0.340 bits per heavy atom. The van der Waals surface area contributed by atoms with Gasteiger partial charge in [-0.25, -0.2) is 0 Å². The van der Waals surface area contributed by atoms with Crippen molar-refractivity contribution in [1.82, 2.24) is 9.13 Å². The van der Waals surface area contributed by atoms with Crippen molar-refractivity contribution in [1.29, 1.82) is 15.8 Å². The van der Waals surface area contributed by atoms with Crippen LogP contribution in [0, 0.1) is 34.0 Å². The van der Waals surface area contributed by atoms with Crippen molar-refractivity contribution in [3.63, 3.8) is 0 Å². The number of nitrogens with zero attached hydrogens (tertiary/aromatic N) is 5. The van der Waals surface area contributed by atoms with Gasteiger partial charge in [0.1, 0.15) is 6.07 Å². The highest BCUT2D eigenvalue weighted by Crippen LogP contribution is 2.42. The SMILES string of the molecule is N#Cc1ccc2c(c1)c1ccc(C#N)cc1n2-c1ccccc1-c1ccccc1-c1cccc(-n2c3ccccc3c3ccccc32)c1C#N. The van der Waals surface area contributed by atoms with E-state index < -0.39 is 0 Å². The fourth-order valence-electron chi connectivity index (χ4n) is 7.52. The van der Waals surface area contributed by atoms with Gasteiger partial charge in [0.05, 0.1) is 62.3 Å². The fourth-order valence-corrected chi connectivity index (χ4v) is 7.52. The number of para-hydroxylation sites is 3. The van der Waals surface area contributed by atoms with Gasteiger partial charge in [-0.1, -0.05) is 97.1 Å². The predicted octanol–water partition coefficient (Wildman–Crippen LogP) is 10.8. The highest BCUT2D eigenvalue weighted by Gasteiger charge is 2.21. The summed E-state index contributed by atoms with van der Waals surface area (Å²) in [6, 6.07) is 57.8. The molecule has 7 aromatic carbocycles. The molecular formula is C45H25N5. The minimum absolute atomic E-state index is 0.556. The van der Waals surface area contributed by atoms with Crippen molar-refractivity contribution in [3.05, 3.63) is 168 Å². The summed E-state index contributed by atoms with van der Waals surface area (Å²) in [4.78, 5) is 0. The smallest absolute Gasteiger partial charge is 0.102 e. The van der Waals surface area contributed by atoms with Crippen molar-refractivity contribution in [2.45, 2.75) is 0 Å². The summed E-state index contributed by atoms with van der Waals surface area (Å²) < 4.78 is 4.38. The van der Waals surface area contributed by atoms with Gasteiger partial charge in [-0.05, 0) is 65.7 Å². The lowest BCUT2D eigenvalue weighted by molar-refractivity contribution is 1.17. The minimum Gasteiger partial charge on any atom is -0.309 e. The van der Waals surface area contributed by atoms with Crippen molar-refractivity contribution in [2.75, 3.05) is 0 Å². The number of aromatic nitrogens is 2. The zero-order valence-corrected chi connectivity index (χ0v) is 26.7. The molecule has 0 unspecified atom stereocenters. The molecule has 2 heterocycles. The predicted molar refractivity (Wildman–Crippen MR) is 200 cm³/mol. The Bertz CT molecular complexity index is 2920. The minimum atomic E-state index is 0.556. The molecule has 0 spiro atoms. The Kier molecular flexibility index (Phi) is 6.56. The van der Waals surface area contributed by atoms with Crippen molar-refractivity contribution >= 4 is 43.6 Å². The van der Waals surface area contributed by atoms with Gasteiger partial charge in [0.2, 0.25) is 0 Å². The van der Waals surface area contributed by atoms with Crippen LogP contribution in [0.25, 0.3) is 77.2 Å². The van der Waals surface area contributed by atoms with Crippen LogP contribution in [0.15, 0.2) is 152 Å². The number of fused-ring (bicyclic) bond motifs is 6. The number of nitriles is 3. The second kappa shape index (κ2) is 11.4. The summed E-state index contributed by atoms with van der Waals surface area (Å²) in [5, 5.41) is 34.6. The van der Waals surface area contributed by atoms with E-state index in [1.54, 1.807) is 0 Å². The van der Waals surface area contributed by atoms with E-state index in [0.29, 0.717) is 16.7 Å². The Labute approximate surface area is 287 Å². The van der Waals surface area contributed by atoms with Gasteiger partial charge in [0.15, 0.2) is 0 Å². The first kappa shape index (κ1) is 28.8. The van der Waals surface area contributed by atoms with Gasteiger partial charge in [0.25, 0.3) is 0 Å². The van der Waals surface area contributed by atoms with Gasteiger partial charge in [-0.2, -0.15) is 15.8 Å². The molecule has 0 aliphatic carbocycles. The first-order chi connectivity index (χ1) is 24.7. The maximum atomic E-state index is 10.9. The number of hydrogen-bond donors (Lipinski definition) is 0. The molecule has 0 aliphatic heterocycles. The molecule has 0 amide bonds. The largest absolute Gasteiger partial charge is 0.309 e. The fraction of sp³-hybridized carbons (Fsp3) is 0.